The smallest absolute Gasteiger partial charge is 0.329 e. The lowest BCUT2D eigenvalue weighted by Crippen LogP contribution is -2.41. The number of carbonyl (C=O) groups excluding carboxylic acids is 3. The molecule has 0 bridgehead atoms. The Morgan fingerprint density at radius 3 is 2.69 bits per heavy atom. The maximum Gasteiger partial charge on any atom is 0.329 e. The van der Waals surface area contributed by atoms with Crippen LogP contribution in [0.5, 0.6) is 0 Å². The van der Waals surface area contributed by atoms with E-state index < -0.39 is 17.9 Å². The van der Waals surface area contributed by atoms with Crippen LogP contribution in [0, 0.1) is 0 Å². The highest BCUT2D eigenvalue weighted by Crippen LogP contribution is 2.23. The zero-order valence-corrected chi connectivity index (χ0v) is 16.5. The van der Waals surface area contributed by atoms with Gasteiger partial charge in [-0.1, -0.05) is 36.4 Å². The summed E-state index contributed by atoms with van der Waals surface area (Å²) in [6.45, 7) is 0.128. The van der Waals surface area contributed by atoms with Gasteiger partial charge in [0.05, 0.1) is 4.88 Å². The summed E-state index contributed by atoms with van der Waals surface area (Å²) >= 11 is 1.34. The summed E-state index contributed by atoms with van der Waals surface area (Å²) in [6, 6.07) is 16.3. The van der Waals surface area contributed by atoms with E-state index in [2.05, 4.69) is 5.32 Å². The molecule has 7 heteroatoms. The SMILES string of the molecule is O=C(COC(=O)[C@H]1CCCN1C(=O)c1cccs1)Nc1ccc2ccccc2c1. The molecule has 1 fully saturated rings. The van der Waals surface area contributed by atoms with Gasteiger partial charge in [0.15, 0.2) is 6.61 Å². The van der Waals surface area contributed by atoms with E-state index in [0.29, 0.717) is 23.5 Å². The second-order valence-electron chi connectivity index (χ2n) is 6.85. The number of carbonyl (C=O) groups is 3. The monoisotopic (exact) mass is 408 g/mol. The molecule has 148 valence electrons. The van der Waals surface area contributed by atoms with Gasteiger partial charge in [-0.2, -0.15) is 0 Å². The predicted molar refractivity (Wildman–Crippen MR) is 112 cm³/mol. The Balaban J connectivity index is 1.33. The van der Waals surface area contributed by atoms with Gasteiger partial charge in [0.1, 0.15) is 6.04 Å². The molecule has 1 atom stereocenters. The van der Waals surface area contributed by atoms with Gasteiger partial charge < -0.3 is 15.0 Å². The van der Waals surface area contributed by atoms with Gasteiger partial charge in [0.25, 0.3) is 11.8 Å². The highest BCUT2D eigenvalue weighted by Gasteiger charge is 2.36. The van der Waals surface area contributed by atoms with E-state index in [0.717, 1.165) is 17.2 Å². The number of nitrogens with zero attached hydrogens (tertiary/aromatic N) is 1. The number of thiophene rings is 1. The van der Waals surface area contributed by atoms with Crippen LogP contribution in [0.4, 0.5) is 5.69 Å². The van der Waals surface area contributed by atoms with Crippen LogP contribution in [0.1, 0.15) is 22.5 Å². The molecule has 0 unspecified atom stereocenters. The Bertz CT molecular complexity index is 1050. The summed E-state index contributed by atoms with van der Waals surface area (Å²) in [5, 5.41) is 6.66. The number of hydrogen-bond acceptors (Lipinski definition) is 5. The molecule has 2 aromatic carbocycles. The fraction of sp³-hybridized carbons (Fsp3) is 0.227. The van der Waals surface area contributed by atoms with Gasteiger partial charge in [-0.25, -0.2) is 4.79 Å². The summed E-state index contributed by atoms with van der Waals surface area (Å²) in [5.41, 5.74) is 0.639. The molecule has 4 rings (SSSR count). The highest BCUT2D eigenvalue weighted by molar-refractivity contribution is 7.12. The molecule has 1 saturated heterocycles. The first kappa shape index (κ1) is 19.1. The fourth-order valence-corrected chi connectivity index (χ4v) is 4.17. The number of hydrogen-bond donors (Lipinski definition) is 1. The number of fused-ring (bicyclic) bond motifs is 1. The molecule has 29 heavy (non-hydrogen) atoms. The molecule has 0 spiro atoms. The normalized spacial score (nSPS) is 16.0. The van der Waals surface area contributed by atoms with Crippen molar-refractivity contribution in [3.63, 3.8) is 0 Å². The van der Waals surface area contributed by atoms with Crippen molar-refractivity contribution in [2.75, 3.05) is 18.5 Å². The minimum Gasteiger partial charge on any atom is -0.454 e. The topological polar surface area (TPSA) is 75.7 Å². The van der Waals surface area contributed by atoms with Gasteiger partial charge in [0.2, 0.25) is 0 Å². The Morgan fingerprint density at radius 2 is 1.90 bits per heavy atom. The van der Waals surface area contributed by atoms with Crippen molar-refractivity contribution in [2.45, 2.75) is 18.9 Å². The number of likely N-dealkylation sites (tertiary alicyclic amines) is 1. The second-order valence-corrected chi connectivity index (χ2v) is 7.80. The first-order valence-corrected chi connectivity index (χ1v) is 10.3. The molecule has 1 aromatic heterocycles. The van der Waals surface area contributed by atoms with Crippen LogP contribution in [0.3, 0.4) is 0 Å². The van der Waals surface area contributed by atoms with Crippen molar-refractivity contribution in [1.29, 1.82) is 0 Å². The first-order valence-electron chi connectivity index (χ1n) is 9.41. The first-order chi connectivity index (χ1) is 14.1. The molecular weight excluding hydrogens is 388 g/mol. The fourth-order valence-electron chi connectivity index (χ4n) is 3.49. The number of nitrogens with one attached hydrogen (secondary N) is 1. The third-order valence-electron chi connectivity index (χ3n) is 4.90. The molecule has 0 saturated carbocycles. The highest BCUT2D eigenvalue weighted by atomic mass is 32.1. The van der Waals surface area contributed by atoms with Crippen LogP contribution >= 0.6 is 11.3 Å². The summed E-state index contributed by atoms with van der Waals surface area (Å²) in [4.78, 5) is 39.4. The Kier molecular flexibility index (Phi) is 5.57. The molecule has 1 N–H and O–H groups in total. The molecule has 0 aliphatic carbocycles. The van der Waals surface area contributed by atoms with Crippen molar-refractivity contribution in [3.05, 3.63) is 64.9 Å². The van der Waals surface area contributed by atoms with Crippen molar-refractivity contribution >= 4 is 45.6 Å². The van der Waals surface area contributed by atoms with Gasteiger partial charge in [-0.3, -0.25) is 9.59 Å². The molecule has 6 nitrogen and oxygen atoms in total. The van der Waals surface area contributed by atoms with E-state index >= 15 is 0 Å². The number of rotatable bonds is 5. The van der Waals surface area contributed by atoms with Crippen LogP contribution in [0.25, 0.3) is 10.8 Å². The standard InChI is InChI=1S/C22H20N2O4S/c25-20(23-17-10-9-15-5-1-2-6-16(15)13-17)14-28-22(27)18-7-3-11-24(18)21(26)19-8-4-12-29-19/h1-2,4-6,8-10,12-13,18H,3,7,11,14H2,(H,23,25)/t18-/m1/s1. The van der Waals surface area contributed by atoms with Crippen LogP contribution in [0.15, 0.2) is 60.0 Å². The third-order valence-corrected chi connectivity index (χ3v) is 5.75. The number of esters is 1. The summed E-state index contributed by atoms with van der Waals surface area (Å²) < 4.78 is 5.20. The van der Waals surface area contributed by atoms with Crippen molar-refractivity contribution in [2.24, 2.45) is 0 Å². The van der Waals surface area contributed by atoms with E-state index in [4.69, 9.17) is 4.74 Å². The number of anilines is 1. The van der Waals surface area contributed by atoms with Gasteiger partial charge in [-0.15, -0.1) is 11.3 Å². The van der Waals surface area contributed by atoms with E-state index in [1.54, 1.807) is 18.2 Å². The maximum atomic E-state index is 12.6. The Labute approximate surface area is 172 Å². The van der Waals surface area contributed by atoms with Crippen molar-refractivity contribution < 1.29 is 19.1 Å². The summed E-state index contributed by atoms with van der Waals surface area (Å²) in [5.74, 6) is -1.12. The van der Waals surface area contributed by atoms with Gasteiger partial charge >= 0.3 is 5.97 Å². The van der Waals surface area contributed by atoms with E-state index in [1.165, 1.54) is 16.2 Å². The lowest BCUT2D eigenvalue weighted by atomic mass is 10.1. The lowest BCUT2D eigenvalue weighted by Gasteiger charge is -2.22. The number of ether oxygens (including phenoxy) is 1. The average Bonchev–Trinajstić information content (AvgIpc) is 3.43. The van der Waals surface area contributed by atoms with E-state index in [9.17, 15) is 14.4 Å². The van der Waals surface area contributed by atoms with Crippen LogP contribution in [0.2, 0.25) is 0 Å². The molecule has 1 aliphatic rings. The maximum absolute atomic E-state index is 12.6. The van der Waals surface area contributed by atoms with Crippen molar-refractivity contribution in [3.8, 4) is 0 Å². The predicted octanol–water partition coefficient (Wildman–Crippen LogP) is 3.69. The quantitative estimate of drug-likeness (QED) is 0.654. The van der Waals surface area contributed by atoms with Gasteiger partial charge in [0, 0.05) is 12.2 Å². The minimum absolute atomic E-state index is 0.167. The Hall–Kier alpha value is -3.19. The Morgan fingerprint density at radius 1 is 1.07 bits per heavy atom. The van der Waals surface area contributed by atoms with Crippen molar-refractivity contribution in [1.82, 2.24) is 4.90 Å². The lowest BCUT2D eigenvalue weighted by molar-refractivity contribution is -0.151. The number of amides is 2. The number of benzene rings is 2. The molecule has 2 heterocycles. The molecule has 3 aromatic rings. The molecule has 1 aliphatic heterocycles. The summed E-state index contributed by atoms with van der Waals surface area (Å²) in [6.07, 6.45) is 1.28. The van der Waals surface area contributed by atoms with Crippen LogP contribution in [-0.2, 0) is 14.3 Å². The van der Waals surface area contributed by atoms with Crippen LogP contribution < -0.4 is 5.32 Å². The van der Waals surface area contributed by atoms with E-state index in [1.807, 2.05) is 41.8 Å². The second kappa shape index (κ2) is 8.45. The molecule has 2 amide bonds. The average molecular weight is 408 g/mol. The zero-order valence-electron chi connectivity index (χ0n) is 15.7. The zero-order chi connectivity index (χ0) is 20.2. The van der Waals surface area contributed by atoms with Crippen LogP contribution in [-0.4, -0.2) is 41.9 Å². The molecular formula is C22H20N2O4S. The van der Waals surface area contributed by atoms with E-state index in [-0.39, 0.29) is 12.5 Å². The largest absolute Gasteiger partial charge is 0.454 e. The van der Waals surface area contributed by atoms with Gasteiger partial charge in [-0.05, 0) is 47.2 Å². The minimum atomic E-state index is -0.641. The third kappa shape index (κ3) is 4.30. The molecule has 0 radical (unpaired) electrons. The summed E-state index contributed by atoms with van der Waals surface area (Å²) in [7, 11) is 0.